The highest BCUT2D eigenvalue weighted by Crippen LogP contribution is 2.19. The number of carbonyl (C=O) groups excluding carboxylic acids is 2. The number of benzene rings is 2. The molecule has 1 fully saturated rings. The first-order valence-electron chi connectivity index (χ1n) is 10.9. The number of nitrogens with zero attached hydrogens (tertiary/aromatic N) is 1. The topological polar surface area (TPSA) is 67.9 Å². The highest BCUT2D eigenvalue weighted by molar-refractivity contribution is 5.88. The van der Waals surface area contributed by atoms with Gasteiger partial charge in [0.15, 0.2) is 6.61 Å². The summed E-state index contributed by atoms with van der Waals surface area (Å²) in [6.07, 6.45) is 4.28. The fourth-order valence-electron chi connectivity index (χ4n) is 3.84. The molecular formula is C25H32N2O4. The maximum Gasteiger partial charge on any atom is 0.261 e. The molecule has 0 bridgehead atoms. The smallest absolute Gasteiger partial charge is 0.261 e. The average molecular weight is 425 g/mol. The predicted octanol–water partition coefficient (Wildman–Crippen LogP) is 3.86. The predicted molar refractivity (Wildman–Crippen MR) is 120 cm³/mol. The molecule has 0 radical (unpaired) electrons. The maximum atomic E-state index is 13.1. The van der Waals surface area contributed by atoms with Crippen molar-refractivity contribution in [3.63, 3.8) is 0 Å². The average Bonchev–Trinajstić information content (AvgIpc) is 3.29. The number of carbonyl (C=O) groups is 2. The maximum absolute atomic E-state index is 13.1. The molecule has 1 aliphatic carbocycles. The third-order valence-corrected chi connectivity index (χ3v) is 5.73. The Morgan fingerprint density at radius 1 is 1.10 bits per heavy atom. The molecule has 166 valence electrons. The van der Waals surface area contributed by atoms with E-state index in [4.69, 9.17) is 9.47 Å². The number of aryl methyl sites for hydroxylation is 1. The Balaban J connectivity index is 1.71. The summed E-state index contributed by atoms with van der Waals surface area (Å²) in [7, 11) is 1.61. The van der Waals surface area contributed by atoms with Gasteiger partial charge in [0.25, 0.3) is 5.91 Å². The molecule has 0 heterocycles. The van der Waals surface area contributed by atoms with E-state index in [1.54, 1.807) is 18.9 Å². The summed E-state index contributed by atoms with van der Waals surface area (Å²) in [6, 6.07) is 14.7. The van der Waals surface area contributed by atoms with Crippen molar-refractivity contribution in [3.05, 3.63) is 59.7 Å². The minimum absolute atomic E-state index is 0.121. The number of rotatable bonds is 9. The first-order chi connectivity index (χ1) is 15.0. The molecule has 2 aromatic rings. The van der Waals surface area contributed by atoms with E-state index in [-0.39, 0.29) is 24.5 Å². The van der Waals surface area contributed by atoms with Gasteiger partial charge in [-0.05, 0) is 62.1 Å². The summed E-state index contributed by atoms with van der Waals surface area (Å²) in [6.45, 7) is 3.94. The monoisotopic (exact) mass is 424 g/mol. The summed E-state index contributed by atoms with van der Waals surface area (Å²) in [4.78, 5) is 27.6. The molecule has 6 nitrogen and oxygen atoms in total. The van der Waals surface area contributed by atoms with Crippen LogP contribution in [0.15, 0.2) is 48.5 Å². The zero-order valence-electron chi connectivity index (χ0n) is 18.6. The molecule has 3 rings (SSSR count). The Hall–Kier alpha value is -3.02. The first-order valence-corrected chi connectivity index (χ1v) is 10.9. The largest absolute Gasteiger partial charge is 0.497 e. The number of nitrogens with one attached hydrogen (secondary N) is 1. The minimum Gasteiger partial charge on any atom is -0.497 e. The molecular weight excluding hydrogens is 392 g/mol. The lowest BCUT2D eigenvalue weighted by Crippen LogP contribution is -2.50. The van der Waals surface area contributed by atoms with E-state index < -0.39 is 6.04 Å². The lowest BCUT2D eigenvalue weighted by molar-refractivity contribution is -0.142. The van der Waals surface area contributed by atoms with Gasteiger partial charge in [-0.25, -0.2) is 0 Å². The van der Waals surface area contributed by atoms with E-state index in [1.807, 2.05) is 55.5 Å². The Bertz CT molecular complexity index is 875. The Morgan fingerprint density at radius 3 is 2.45 bits per heavy atom. The quantitative estimate of drug-likeness (QED) is 0.664. The summed E-state index contributed by atoms with van der Waals surface area (Å²) in [5.74, 6) is 1.04. The van der Waals surface area contributed by atoms with Crippen LogP contribution in [0.25, 0.3) is 0 Å². The van der Waals surface area contributed by atoms with Crippen molar-refractivity contribution in [3.8, 4) is 11.5 Å². The van der Waals surface area contributed by atoms with Gasteiger partial charge in [-0.15, -0.1) is 0 Å². The molecule has 1 N–H and O–H groups in total. The van der Waals surface area contributed by atoms with Crippen LogP contribution in [0.2, 0.25) is 0 Å². The van der Waals surface area contributed by atoms with E-state index in [9.17, 15) is 9.59 Å². The third-order valence-electron chi connectivity index (χ3n) is 5.73. The van der Waals surface area contributed by atoms with Gasteiger partial charge in [-0.2, -0.15) is 0 Å². The molecule has 0 spiro atoms. The van der Waals surface area contributed by atoms with Gasteiger partial charge in [0, 0.05) is 12.6 Å². The van der Waals surface area contributed by atoms with Crippen LogP contribution in [0.5, 0.6) is 11.5 Å². The van der Waals surface area contributed by atoms with Crippen LogP contribution >= 0.6 is 0 Å². The highest BCUT2D eigenvalue weighted by Gasteiger charge is 2.28. The molecule has 0 aromatic heterocycles. The lowest BCUT2D eigenvalue weighted by atomic mass is 10.1. The first kappa shape index (κ1) is 22.7. The molecule has 6 heteroatoms. The summed E-state index contributed by atoms with van der Waals surface area (Å²) in [5, 5.41) is 3.11. The van der Waals surface area contributed by atoms with Crippen molar-refractivity contribution in [1.82, 2.24) is 10.2 Å². The van der Waals surface area contributed by atoms with Crippen molar-refractivity contribution in [2.75, 3.05) is 13.7 Å². The molecule has 31 heavy (non-hydrogen) atoms. The van der Waals surface area contributed by atoms with Crippen LogP contribution in [0.4, 0.5) is 0 Å². The lowest BCUT2D eigenvalue weighted by Gasteiger charge is -2.29. The zero-order valence-corrected chi connectivity index (χ0v) is 18.6. The van der Waals surface area contributed by atoms with E-state index in [1.165, 1.54) is 0 Å². The summed E-state index contributed by atoms with van der Waals surface area (Å²) in [5.41, 5.74) is 1.98. The van der Waals surface area contributed by atoms with Crippen LogP contribution in [-0.4, -0.2) is 42.5 Å². The Morgan fingerprint density at radius 2 is 1.81 bits per heavy atom. The van der Waals surface area contributed by atoms with Gasteiger partial charge in [0.2, 0.25) is 5.91 Å². The molecule has 2 aromatic carbocycles. The third kappa shape index (κ3) is 6.48. The van der Waals surface area contributed by atoms with E-state index in [0.717, 1.165) is 42.6 Å². The van der Waals surface area contributed by atoms with Crippen LogP contribution in [-0.2, 0) is 16.1 Å². The number of hydrogen-bond acceptors (Lipinski definition) is 4. The zero-order chi connectivity index (χ0) is 22.2. The van der Waals surface area contributed by atoms with E-state index >= 15 is 0 Å². The number of amides is 2. The van der Waals surface area contributed by atoms with Gasteiger partial charge >= 0.3 is 0 Å². The van der Waals surface area contributed by atoms with Crippen molar-refractivity contribution in [1.29, 1.82) is 0 Å². The molecule has 0 unspecified atom stereocenters. The standard InChI is InChI=1S/C25H32N2O4/c1-18-7-6-10-23(15-18)31-17-24(28)27(16-20-11-13-22(30-3)14-12-20)19(2)25(29)26-21-8-4-5-9-21/h6-7,10-15,19,21H,4-5,8-9,16-17H2,1-3H3,(H,26,29)/t19-/m0/s1. The van der Waals surface area contributed by atoms with Crippen molar-refractivity contribution in [2.45, 2.75) is 58.2 Å². The van der Waals surface area contributed by atoms with Gasteiger partial charge in [-0.1, -0.05) is 37.1 Å². The SMILES string of the molecule is COc1ccc(CN(C(=O)COc2cccc(C)c2)[C@@H](C)C(=O)NC2CCCC2)cc1. The highest BCUT2D eigenvalue weighted by atomic mass is 16.5. The van der Waals surface area contributed by atoms with Gasteiger partial charge in [-0.3, -0.25) is 9.59 Å². The number of hydrogen-bond donors (Lipinski definition) is 1. The molecule has 0 aliphatic heterocycles. The van der Waals surface area contributed by atoms with Gasteiger partial charge in [0.1, 0.15) is 17.5 Å². The summed E-state index contributed by atoms with van der Waals surface area (Å²) >= 11 is 0. The van der Waals surface area contributed by atoms with E-state index in [2.05, 4.69) is 5.32 Å². The van der Waals surface area contributed by atoms with E-state index in [0.29, 0.717) is 12.3 Å². The fraction of sp³-hybridized carbons (Fsp3) is 0.440. The second-order valence-corrected chi connectivity index (χ2v) is 8.14. The molecule has 1 aliphatic rings. The second-order valence-electron chi connectivity index (χ2n) is 8.14. The second kappa shape index (κ2) is 10.8. The van der Waals surface area contributed by atoms with Crippen molar-refractivity contribution < 1.29 is 19.1 Å². The Kier molecular flexibility index (Phi) is 7.93. The molecule has 1 saturated carbocycles. The van der Waals surface area contributed by atoms with Crippen LogP contribution in [0.3, 0.4) is 0 Å². The number of methoxy groups -OCH3 is 1. The van der Waals surface area contributed by atoms with Crippen LogP contribution < -0.4 is 14.8 Å². The Labute approximate surface area is 184 Å². The fourth-order valence-corrected chi connectivity index (χ4v) is 3.84. The van der Waals surface area contributed by atoms with Crippen LogP contribution in [0, 0.1) is 6.92 Å². The molecule has 1 atom stereocenters. The molecule has 0 saturated heterocycles. The summed E-state index contributed by atoms with van der Waals surface area (Å²) < 4.78 is 10.9. The van der Waals surface area contributed by atoms with Gasteiger partial charge in [0.05, 0.1) is 7.11 Å². The molecule has 2 amide bonds. The number of ether oxygens (including phenoxy) is 2. The normalized spacial score (nSPS) is 14.7. The van der Waals surface area contributed by atoms with Crippen molar-refractivity contribution in [2.24, 2.45) is 0 Å². The van der Waals surface area contributed by atoms with Crippen LogP contribution in [0.1, 0.15) is 43.7 Å². The van der Waals surface area contributed by atoms with Gasteiger partial charge < -0.3 is 19.7 Å². The minimum atomic E-state index is -0.601. The van der Waals surface area contributed by atoms with Crippen molar-refractivity contribution >= 4 is 11.8 Å².